The molecule has 5 nitrogen and oxygen atoms in total. The summed E-state index contributed by atoms with van der Waals surface area (Å²) in [5.74, 6) is 1.07. The monoisotopic (exact) mass is 389 g/mol. The first-order valence-corrected chi connectivity index (χ1v) is 10.2. The van der Waals surface area contributed by atoms with E-state index in [4.69, 9.17) is 9.47 Å². The highest BCUT2D eigenvalue weighted by Crippen LogP contribution is 2.30. The van der Waals surface area contributed by atoms with E-state index in [2.05, 4.69) is 5.32 Å². The summed E-state index contributed by atoms with van der Waals surface area (Å²) < 4.78 is 10.5. The van der Waals surface area contributed by atoms with Crippen LogP contribution in [0.4, 0.5) is 0 Å². The molecule has 1 aromatic heterocycles. The largest absolute Gasteiger partial charge is 0.497 e. The van der Waals surface area contributed by atoms with Crippen molar-refractivity contribution >= 4 is 17.2 Å². The zero-order valence-electron chi connectivity index (χ0n) is 15.9. The molecule has 1 heterocycles. The fourth-order valence-electron chi connectivity index (χ4n) is 3.44. The quantitative estimate of drug-likeness (QED) is 0.787. The maximum absolute atomic E-state index is 12.6. The van der Waals surface area contributed by atoms with Gasteiger partial charge in [-0.2, -0.15) is 0 Å². The van der Waals surface area contributed by atoms with Crippen LogP contribution in [0.3, 0.4) is 0 Å². The molecule has 2 aromatic rings. The average Bonchev–Trinajstić information content (AvgIpc) is 3.07. The van der Waals surface area contributed by atoms with Gasteiger partial charge in [0, 0.05) is 17.0 Å². The predicted molar refractivity (Wildman–Crippen MR) is 107 cm³/mol. The van der Waals surface area contributed by atoms with E-state index in [0.29, 0.717) is 17.1 Å². The molecule has 1 amide bonds. The topological polar surface area (TPSA) is 67.8 Å². The molecule has 0 saturated carbocycles. The number of aryl methyl sites for hydroxylation is 2. The Morgan fingerprint density at radius 3 is 2.67 bits per heavy atom. The molecule has 1 aliphatic rings. The van der Waals surface area contributed by atoms with E-state index in [-0.39, 0.29) is 12.5 Å². The van der Waals surface area contributed by atoms with E-state index in [1.54, 1.807) is 43.8 Å². The lowest BCUT2D eigenvalue weighted by molar-refractivity contribution is 0.0918. The highest BCUT2D eigenvalue weighted by Gasteiger charge is 2.19. The Bertz CT molecular complexity index is 761. The number of ether oxygens (including phenoxy) is 2. The summed E-state index contributed by atoms with van der Waals surface area (Å²) in [7, 11) is 3.13. The number of amides is 1. The summed E-state index contributed by atoms with van der Waals surface area (Å²) in [6.07, 6.45) is 6.18. The van der Waals surface area contributed by atoms with Crippen molar-refractivity contribution in [3.63, 3.8) is 0 Å². The lowest BCUT2D eigenvalue weighted by Crippen LogP contribution is -2.28. The number of carbonyl (C=O) groups is 1. The summed E-state index contributed by atoms with van der Waals surface area (Å²) in [5, 5.41) is 13.4. The number of carbonyl (C=O) groups excluding carboxylic acids is 1. The van der Waals surface area contributed by atoms with Gasteiger partial charge in [-0.15, -0.1) is 11.3 Å². The summed E-state index contributed by atoms with van der Waals surface area (Å²) >= 11 is 1.59. The molecule has 0 aliphatic heterocycles. The second kappa shape index (κ2) is 9.24. The number of rotatable bonds is 6. The number of hydrogen-bond donors (Lipinski definition) is 2. The Kier molecular flexibility index (Phi) is 6.74. The highest BCUT2D eigenvalue weighted by molar-refractivity contribution is 7.14. The molecule has 1 unspecified atom stereocenters. The minimum absolute atomic E-state index is 0.116. The number of aliphatic hydroxyl groups is 1. The number of thiophene rings is 1. The highest BCUT2D eigenvalue weighted by atomic mass is 32.1. The second-order valence-corrected chi connectivity index (χ2v) is 7.94. The molecule has 0 radical (unpaired) electrons. The van der Waals surface area contributed by atoms with Crippen LogP contribution < -0.4 is 14.8 Å². The third-order valence-electron chi connectivity index (χ3n) is 4.97. The van der Waals surface area contributed by atoms with E-state index < -0.39 is 6.10 Å². The Labute approximate surface area is 164 Å². The molecule has 0 fully saturated rings. The standard InChI is InChI=1S/C21H27NO4S/c1-25-15-9-10-18(26-2)16(12-15)17(23)13-22-21(24)20-11-14-7-5-3-4-6-8-19(14)27-20/h9-12,17,23H,3-8,13H2,1-2H3,(H,22,24). The third kappa shape index (κ3) is 4.82. The van der Waals surface area contributed by atoms with E-state index >= 15 is 0 Å². The SMILES string of the molecule is COc1ccc(OC)c(C(O)CNC(=O)c2cc3c(s2)CCCCCC3)c1. The van der Waals surface area contributed by atoms with Crippen LogP contribution >= 0.6 is 11.3 Å². The smallest absolute Gasteiger partial charge is 0.261 e. The second-order valence-electron chi connectivity index (χ2n) is 6.81. The van der Waals surface area contributed by atoms with Crippen molar-refractivity contribution in [2.45, 2.75) is 44.6 Å². The Morgan fingerprint density at radius 2 is 1.93 bits per heavy atom. The lowest BCUT2D eigenvalue weighted by atomic mass is 10.00. The van der Waals surface area contributed by atoms with Gasteiger partial charge in [-0.25, -0.2) is 0 Å². The lowest BCUT2D eigenvalue weighted by Gasteiger charge is -2.16. The van der Waals surface area contributed by atoms with Gasteiger partial charge < -0.3 is 19.9 Å². The van der Waals surface area contributed by atoms with Crippen molar-refractivity contribution in [3.8, 4) is 11.5 Å². The molecule has 1 aromatic carbocycles. The molecular formula is C21H27NO4S. The van der Waals surface area contributed by atoms with Crippen LogP contribution in [0.2, 0.25) is 0 Å². The van der Waals surface area contributed by atoms with Gasteiger partial charge in [-0.3, -0.25) is 4.79 Å². The Hall–Kier alpha value is -2.05. The summed E-state index contributed by atoms with van der Waals surface area (Å²) in [6, 6.07) is 7.28. The number of nitrogens with one attached hydrogen (secondary N) is 1. The number of aliphatic hydroxyl groups excluding tert-OH is 1. The van der Waals surface area contributed by atoms with Gasteiger partial charge in [0.25, 0.3) is 5.91 Å². The maximum atomic E-state index is 12.6. The summed E-state index contributed by atoms with van der Waals surface area (Å²) in [6.45, 7) is 0.116. The van der Waals surface area contributed by atoms with E-state index in [0.717, 1.165) is 17.7 Å². The van der Waals surface area contributed by atoms with Crippen LogP contribution in [0.25, 0.3) is 0 Å². The number of hydrogen-bond acceptors (Lipinski definition) is 5. The van der Waals surface area contributed by atoms with Gasteiger partial charge >= 0.3 is 0 Å². The molecule has 146 valence electrons. The predicted octanol–water partition coefficient (Wildman–Crippen LogP) is 3.89. The van der Waals surface area contributed by atoms with Crippen molar-refractivity contribution in [2.75, 3.05) is 20.8 Å². The molecule has 1 atom stereocenters. The normalized spacial score (nSPS) is 15.2. The first-order chi connectivity index (χ1) is 13.1. The van der Waals surface area contributed by atoms with Crippen LogP contribution in [0.5, 0.6) is 11.5 Å². The minimum atomic E-state index is -0.875. The molecule has 3 rings (SSSR count). The van der Waals surface area contributed by atoms with Crippen molar-refractivity contribution in [1.29, 1.82) is 0 Å². The molecule has 0 bridgehead atoms. The van der Waals surface area contributed by atoms with Crippen LogP contribution in [0, 0.1) is 0 Å². The number of methoxy groups -OCH3 is 2. The van der Waals surface area contributed by atoms with E-state index in [9.17, 15) is 9.90 Å². The summed E-state index contributed by atoms with van der Waals surface area (Å²) in [5.41, 5.74) is 1.91. The fourth-order valence-corrected chi connectivity index (χ4v) is 4.61. The van der Waals surface area contributed by atoms with Gasteiger partial charge in [0.05, 0.1) is 19.1 Å². The van der Waals surface area contributed by atoms with E-state index in [1.807, 2.05) is 6.07 Å². The summed E-state index contributed by atoms with van der Waals surface area (Å²) in [4.78, 5) is 14.7. The van der Waals surface area contributed by atoms with Gasteiger partial charge in [-0.1, -0.05) is 12.8 Å². The van der Waals surface area contributed by atoms with Crippen LogP contribution in [0.1, 0.15) is 57.5 Å². The first-order valence-electron chi connectivity index (χ1n) is 9.42. The van der Waals surface area contributed by atoms with Crippen LogP contribution in [-0.4, -0.2) is 31.8 Å². The Balaban J connectivity index is 1.66. The molecule has 0 saturated heterocycles. The van der Waals surface area contributed by atoms with Crippen LogP contribution in [-0.2, 0) is 12.8 Å². The fraction of sp³-hybridized carbons (Fsp3) is 0.476. The number of benzene rings is 1. The van der Waals surface area contributed by atoms with Gasteiger partial charge in [0.1, 0.15) is 17.6 Å². The first kappa shape index (κ1) is 19.7. The van der Waals surface area contributed by atoms with Gasteiger partial charge in [0.15, 0.2) is 0 Å². The number of fused-ring (bicyclic) bond motifs is 1. The maximum Gasteiger partial charge on any atom is 0.261 e. The van der Waals surface area contributed by atoms with E-state index in [1.165, 1.54) is 36.1 Å². The van der Waals surface area contributed by atoms with Crippen molar-refractivity contribution in [2.24, 2.45) is 0 Å². The molecule has 27 heavy (non-hydrogen) atoms. The molecular weight excluding hydrogens is 362 g/mol. The zero-order chi connectivity index (χ0) is 19.2. The Morgan fingerprint density at radius 1 is 1.15 bits per heavy atom. The molecule has 0 spiro atoms. The molecule has 1 aliphatic carbocycles. The third-order valence-corrected chi connectivity index (χ3v) is 6.21. The van der Waals surface area contributed by atoms with Crippen LogP contribution in [0.15, 0.2) is 24.3 Å². The van der Waals surface area contributed by atoms with Gasteiger partial charge in [0.2, 0.25) is 0 Å². The zero-order valence-corrected chi connectivity index (χ0v) is 16.7. The average molecular weight is 390 g/mol. The molecule has 2 N–H and O–H groups in total. The van der Waals surface area contributed by atoms with Gasteiger partial charge in [-0.05, 0) is 55.5 Å². The molecule has 6 heteroatoms. The van der Waals surface area contributed by atoms with Crippen molar-refractivity contribution in [3.05, 3.63) is 45.1 Å². The van der Waals surface area contributed by atoms with Crippen molar-refractivity contribution < 1.29 is 19.4 Å². The minimum Gasteiger partial charge on any atom is -0.497 e. The van der Waals surface area contributed by atoms with Crippen molar-refractivity contribution in [1.82, 2.24) is 5.32 Å².